The SMILES string of the molecule is N#CCc1[nH]nc(C(F)(F)F)c1Cc1cnc(C(=O)Nc2ccc(C(=O)NC3CC(NC(=O)[C@@H]4CCNC4)C3)c(Cl)c2)[nH]1. The number of nitriles is 1. The fourth-order valence-corrected chi connectivity index (χ4v) is 5.35. The Morgan fingerprint density at radius 3 is 2.58 bits per heavy atom. The highest BCUT2D eigenvalue weighted by atomic mass is 35.5. The summed E-state index contributed by atoms with van der Waals surface area (Å²) in [5.74, 6) is -1.22. The lowest BCUT2D eigenvalue weighted by molar-refractivity contribution is -0.141. The average Bonchev–Trinajstić information content (AvgIpc) is 3.70. The highest BCUT2D eigenvalue weighted by molar-refractivity contribution is 6.34. The van der Waals surface area contributed by atoms with Crippen molar-refractivity contribution in [1.29, 1.82) is 5.26 Å². The molecule has 0 radical (unpaired) electrons. The van der Waals surface area contributed by atoms with E-state index in [1.54, 1.807) is 6.07 Å². The van der Waals surface area contributed by atoms with E-state index in [9.17, 15) is 27.6 Å². The van der Waals surface area contributed by atoms with Gasteiger partial charge in [-0.1, -0.05) is 11.6 Å². The molecule has 43 heavy (non-hydrogen) atoms. The van der Waals surface area contributed by atoms with E-state index in [0.717, 1.165) is 13.0 Å². The van der Waals surface area contributed by atoms with Crippen LogP contribution in [-0.4, -0.2) is 63.1 Å². The minimum absolute atomic E-state index is 0.0135. The minimum Gasteiger partial charge on any atom is -0.353 e. The van der Waals surface area contributed by atoms with Gasteiger partial charge in [-0.05, 0) is 44.0 Å². The maximum absolute atomic E-state index is 13.4. The van der Waals surface area contributed by atoms with Crippen LogP contribution in [0.15, 0.2) is 24.4 Å². The van der Waals surface area contributed by atoms with Crippen molar-refractivity contribution < 1.29 is 27.6 Å². The van der Waals surface area contributed by atoms with Gasteiger partial charge in [0, 0.05) is 48.2 Å². The van der Waals surface area contributed by atoms with Crippen molar-refractivity contribution in [2.24, 2.45) is 5.92 Å². The molecule has 0 unspecified atom stereocenters. The Morgan fingerprint density at radius 2 is 1.91 bits per heavy atom. The van der Waals surface area contributed by atoms with E-state index < -0.39 is 17.8 Å². The summed E-state index contributed by atoms with van der Waals surface area (Å²) in [6.07, 6.45) is -2.04. The molecule has 5 rings (SSSR count). The van der Waals surface area contributed by atoms with Crippen molar-refractivity contribution in [2.75, 3.05) is 18.4 Å². The molecule has 1 saturated carbocycles. The molecule has 1 aliphatic carbocycles. The summed E-state index contributed by atoms with van der Waals surface area (Å²) < 4.78 is 40.1. The lowest BCUT2D eigenvalue weighted by Crippen LogP contribution is -2.54. The zero-order chi connectivity index (χ0) is 30.7. The monoisotopic (exact) mass is 617 g/mol. The van der Waals surface area contributed by atoms with Crippen LogP contribution in [0.3, 0.4) is 0 Å². The number of halogens is 4. The lowest BCUT2D eigenvalue weighted by atomic mass is 9.86. The number of hydrogen-bond donors (Lipinski definition) is 6. The third-order valence-corrected chi connectivity index (χ3v) is 7.72. The van der Waals surface area contributed by atoms with Gasteiger partial charge in [0.15, 0.2) is 11.5 Å². The van der Waals surface area contributed by atoms with Crippen molar-refractivity contribution in [3.05, 3.63) is 63.5 Å². The summed E-state index contributed by atoms with van der Waals surface area (Å²) in [6, 6.07) is 6.04. The third kappa shape index (κ3) is 6.98. The molecule has 1 saturated heterocycles. The molecule has 3 amide bonds. The number of carbonyl (C=O) groups is 3. The van der Waals surface area contributed by atoms with Gasteiger partial charge in [-0.3, -0.25) is 19.5 Å². The van der Waals surface area contributed by atoms with Gasteiger partial charge in [-0.2, -0.15) is 23.5 Å². The van der Waals surface area contributed by atoms with Crippen LogP contribution in [0, 0.1) is 17.2 Å². The quantitative estimate of drug-likeness (QED) is 0.213. The zero-order valence-electron chi connectivity index (χ0n) is 22.6. The summed E-state index contributed by atoms with van der Waals surface area (Å²) in [5, 5.41) is 26.2. The van der Waals surface area contributed by atoms with Crippen LogP contribution in [0.4, 0.5) is 18.9 Å². The number of hydrogen-bond acceptors (Lipinski definition) is 7. The molecule has 0 spiro atoms. The molecule has 2 aromatic heterocycles. The highest BCUT2D eigenvalue weighted by Gasteiger charge is 2.38. The van der Waals surface area contributed by atoms with Crippen LogP contribution in [0.25, 0.3) is 0 Å². The fraction of sp³-hybridized carbons (Fsp3) is 0.407. The first-order chi connectivity index (χ1) is 20.5. The summed E-state index contributed by atoms with van der Waals surface area (Å²) in [4.78, 5) is 44.4. The van der Waals surface area contributed by atoms with Gasteiger partial charge >= 0.3 is 6.18 Å². The second kappa shape index (κ2) is 12.4. The molecule has 3 aromatic rings. The van der Waals surface area contributed by atoms with Crippen LogP contribution in [0.1, 0.15) is 62.9 Å². The van der Waals surface area contributed by atoms with Crippen LogP contribution < -0.4 is 21.3 Å². The minimum atomic E-state index is -4.73. The Morgan fingerprint density at radius 1 is 1.14 bits per heavy atom. The Balaban J connectivity index is 1.15. The number of aromatic amines is 2. The number of anilines is 1. The molecule has 2 aliphatic rings. The number of alkyl halides is 3. The molecule has 6 N–H and O–H groups in total. The molecule has 16 heteroatoms. The predicted octanol–water partition coefficient (Wildman–Crippen LogP) is 2.70. The predicted molar refractivity (Wildman–Crippen MR) is 147 cm³/mol. The molecular formula is C27H27ClF3N9O3. The molecule has 1 atom stereocenters. The Hall–Kier alpha value is -4.42. The molecule has 12 nitrogen and oxygen atoms in total. The van der Waals surface area contributed by atoms with Crippen LogP contribution >= 0.6 is 11.6 Å². The maximum Gasteiger partial charge on any atom is 0.435 e. The molecule has 3 heterocycles. The summed E-state index contributed by atoms with van der Waals surface area (Å²) >= 11 is 6.32. The van der Waals surface area contributed by atoms with Gasteiger partial charge in [0.25, 0.3) is 11.8 Å². The van der Waals surface area contributed by atoms with E-state index in [4.69, 9.17) is 16.9 Å². The van der Waals surface area contributed by atoms with E-state index in [1.165, 1.54) is 24.4 Å². The van der Waals surface area contributed by atoms with Crippen LogP contribution in [-0.2, 0) is 23.8 Å². The molecule has 1 aromatic carbocycles. The number of imidazole rings is 1. The van der Waals surface area contributed by atoms with E-state index in [2.05, 4.69) is 41.4 Å². The van der Waals surface area contributed by atoms with Crippen molar-refractivity contribution in [2.45, 2.75) is 50.4 Å². The van der Waals surface area contributed by atoms with E-state index >= 15 is 0 Å². The molecule has 226 valence electrons. The number of H-pyrrole nitrogens is 2. The van der Waals surface area contributed by atoms with Crippen molar-refractivity contribution in [1.82, 2.24) is 36.1 Å². The average molecular weight is 618 g/mol. The molecule has 1 aliphatic heterocycles. The Kier molecular flexibility index (Phi) is 8.69. The first-order valence-electron chi connectivity index (χ1n) is 13.5. The normalized spacial score (nSPS) is 19.7. The van der Waals surface area contributed by atoms with Gasteiger partial charge in [-0.25, -0.2) is 4.98 Å². The van der Waals surface area contributed by atoms with E-state index in [-0.39, 0.29) is 81.7 Å². The summed E-state index contributed by atoms with van der Waals surface area (Å²) in [7, 11) is 0. The van der Waals surface area contributed by atoms with Gasteiger partial charge in [0.1, 0.15) is 0 Å². The largest absolute Gasteiger partial charge is 0.435 e. The number of aromatic nitrogens is 4. The van der Waals surface area contributed by atoms with Crippen LogP contribution in [0.5, 0.6) is 0 Å². The number of amides is 3. The smallest absolute Gasteiger partial charge is 0.353 e. The standard InChI is InChI=1S/C27H27ClF3N9O3/c28-20-10-14(1-2-18(20)25(42)38-16-7-15(8-16)37-24(41)13-4-6-33-11-13)36-26(43)23-34-12-17(35-23)9-19-21(3-5-32)39-40-22(19)27(29,30)31/h1-2,10,12-13,15-16,33H,3-4,6-9,11H2,(H,34,35)(H,36,43)(H,37,41)(H,38,42)(H,39,40)/t13-,15?,16?/m1/s1. The Bertz CT molecular complexity index is 1570. The van der Waals surface area contributed by atoms with Crippen molar-refractivity contribution >= 4 is 35.0 Å². The molecular weight excluding hydrogens is 591 g/mol. The number of nitrogens with zero attached hydrogens (tertiary/aromatic N) is 3. The topological polar surface area (TPSA) is 180 Å². The number of rotatable bonds is 9. The van der Waals surface area contributed by atoms with Crippen LogP contribution in [0.2, 0.25) is 5.02 Å². The van der Waals surface area contributed by atoms with Gasteiger partial charge in [0.05, 0.1) is 34.7 Å². The zero-order valence-corrected chi connectivity index (χ0v) is 23.3. The van der Waals surface area contributed by atoms with Gasteiger partial charge in [-0.15, -0.1) is 0 Å². The number of carbonyl (C=O) groups excluding carboxylic acids is 3. The van der Waals surface area contributed by atoms with Gasteiger partial charge < -0.3 is 26.3 Å². The number of nitrogens with one attached hydrogen (secondary N) is 6. The Labute approximate surface area is 248 Å². The maximum atomic E-state index is 13.4. The van der Waals surface area contributed by atoms with Gasteiger partial charge in [0.2, 0.25) is 5.91 Å². The molecule has 2 fully saturated rings. The van der Waals surface area contributed by atoms with E-state index in [1.807, 2.05) is 0 Å². The number of benzene rings is 1. The second-order valence-electron chi connectivity index (χ2n) is 10.5. The molecule has 0 bridgehead atoms. The van der Waals surface area contributed by atoms with Crippen molar-refractivity contribution in [3.63, 3.8) is 0 Å². The van der Waals surface area contributed by atoms with Crippen molar-refractivity contribution in [3.8, 4) is 6.07 Å². The first-order valence-corrected chi connectivity index (χ1v) is 13.9. The summed E-state index contributed by atoms with van der Waals surface area (Å²) in [6.45, 7) is 1.52. The summed E-state index contributed by atoms with van der Waals surface area (Å²) in [5.41, 5.74) is -0.655. The lowest BCUT2D eigenvalue weighted by Gasteiger charge is -2.36. The third-order valence-electron chi connectivity index (χ3n) is 7.41. The van der Waals surface area contributed by atoms with E-state index in [0.29, 0.717) is 19.4 Å². The first kappa shape index (κ1) is 30.1. The highest BCUT2D eigenvalue weighted by Crippen LogP contribution is 2.33. The fourth-order valence-electron chi connectivity index (χ4n) is 5.09. The second-order valence-corrected chi connectivity index (χ2v) is 10.9.